The molecule has 0 spiro atoms. The quantitative estimate of drug-likeness (QED) is 0.0481. The van der Waals surface area contributed by atoms with Gasteiger partial charge in [0.2, 0.25) is 5.91 Å². The summed E-state index contributed by atoms with van der Waals surface area (Å²) in [6, 6.07) is 17.6. The Balaban J connectivity index is 1.31. The van der Waals surface area contributed by atoms with Crippen molar-refractivity contribution in [1.82, 2.24) is 9.88 Å². The molecule has 1 atom stereocenters. The lowest BCUT2D eigenvalue weighted by Gasteiger charge is -2.32. The maximum absolute atomic E-state index is 13.0. The third kappa shape index (κ3) is 11.6. The zero-order chi connectivity index (χ0) is 33.3. The summed E-state index contributed by atoms with van der Waals surface area (Å²) in [5, 5.41) is 7.71. The van der Waals surface area contributed by atoms with Crippen LogP contribution in [0.2, 0.25) is 0 Å². The van der Waals surface area contributed by atoms with Gasteiger partial charge in [-0.1, -0.05) is 25.1 Å². The molecule has 2 aromatic carbocycles. The van der Waals surface area contributed by atoms with Gasteiger partial charge in [0, 0.05) is 30.5 Å². The molecule has 0 aliphatic carbocycles. The number of rotatable bonds is 18. The van der Waals surface area contributed by atoms with Crippen LogP contribution >= 0.6 is 0 Å². The monoisotopic (exact) mass is 632 g/mol. The van der Waals surface area contributed by atoms with Gasteiger partial charge in [0.05, 0.1) is 25.3 Å². The van der Waals surface area contributed by atoms with Gasteiger partial charge in [0.1, 0.15) is 17.4 Å². The standard InChI is InChI=1S/C35H44N4O7/c1-6-32(34(41)39(25(2)3)26(4)5)35(42)46-45-31-14-10-13-30(22-31)44-21-9-7-8-20-43-29-17-15-27(16-18-29)23-37-38-33(40)28-12-11-19-36-24-28/h10-19,22,24-26,32H,6-9,20-21,23H2,1-5H3. The molecule has 0 aliphatic rings. The Hall–Kier alpha value is -4.80. The summed E-state index contributed by atoms with van der Waals surface area (Å²) in [7, 11) is 0. The average molecular weight is 633 g/mol. The molecule has 0 aliphatic heterocycles. The fourth-order valence-corrected chi connectivity index (χ4v) is 4.67. The van der Waals surface area contributed by atoms with Crippen LogP contribution in [0.3, 0.4) is 0 Å². The van der Waals surface area contributed by atoms with Gasteiger partial charge < -0.3 is 14.4 Å². The normalized spacial score (nSPS) is 11.8. The Labute approximate surface area is 270 Å². The third-order valence-electron chi connectivity index (χ3n) is 6.96. The van der Waals surface area contributed by atoms with E-state index in [4.69, 9.17) is 19.2 Å². The molecular weight excluding hydrogens is 588 g/mol. The highest BCUT2D eigenvalue weighted by atomic mass is 17.2. The van der Waals surface area contributed by atoms with E-state index in [2.05, 4.69) is 15.2 Å². The molecule has 11 heteroatoms. The van der Waals surface area contributed by atoms with Gasteiger partial charge >= 0.3 is 5.97 Å². The van der Waals surface area contributed by atoms with Gasteiger partial charge in [-0.3, -0.25) is 19.5 Å². The smallest absolute Gasteiger partial charge is 0.367 e. The number of hydrogen-bond acceptors (Lipinski definition) is 9. The van der Waals surface area contributed by atoms with Crippen molar-refractivity contribution in [3.8, 4) is 17.2 Å². The number of carbonyl (C=O) groups excluding carboxylic acids is 3. The maximum Gasteiger partial charge on any atom is 0.367 e. The van der Waals surface area contributed by atoms with Crippen molar-refractivity contribution in [2.45, 2.75) is 78.9 Å². The molecule has 3 rings (SSSR count). The first kappa shape index (κ1) is 35.7. The highest BCUT2D eigenvalue weighted by Gasteiger charge is 2.34. The van der Waals surface area contributed by atoms with Crippen molar-refractivity contribution >= 4 is 17.8 Å². The van der Waals surface area contributed by atoms with Crippen LogP contribution in [0.25, 0.3) is 0 Å². The van der Waals surface area contributed by atoms with E-state index in [-0.39, 0.29) is 18.0 Å². The molecule has 0 saturated carbocycles. The highest BCUT2D eigenvalue weighted by molar-refractivity contribution is 5.97. The van der Waals surface area contributed by atoms with Crippen LogP contribution in [0.4, 0.5) is 0 Å². The largest absolute Gasteiger partial charge is 0.494 e. The Morgan fingerprint density at radius 3 is 2.13 bits per heavy atom. The van der Waals surface area contributed by atoms with E-state index < -0.39 is 17.8 Å². The number of ether oxygens (including phenoxy) is 2. The molecular formula is C35H44N4O7. The van der Waals surface area contributed by atoms with Crippen LogP contribution in [0, 0.1) is 5.92 Å². The molecule has 11 nitrogen and oxygen atoms in total. The molecule has 0 N–H and O–H groups in total. The van der Waals surface area contributed by atoms with Crippen molar-refractivity contribution in [3.63, 3.8) is 0 Å². The number of azo groups is 1. The summed E-state index contributed by atoms with van der Waals surface area (Å²) >= 11 is 0. The predicted octanol–water partition coefficient (Wildman–Crippen LogP) is 7.01. The van der Waals surface area contributed by atoms with E-state index in [9.17, 15) is 14.4 Å². The molecule has 3 aromatic rings. The van der Waals surface area contributed by atoms with E-state index >= 15 is 0 Å². The van der Waals surface area contributed by atoms with Gasteiger partial charge in [-0.25, -0.2) is 9.68 Å². The number of carbonyl (C=O) groups is 3. The zero-order valence-electron chi connectivity index (χ0n) is 27.3. The summed E-state index contributed by atoms with van der Waals surface area (Å²) in [5.74, 6) is -0.708. The van der Waals surface area contributed by atoms with Crippen molar-refractivity contribution < 1.29 is 33.6 Å². The van der Waals surface area contributed by atoms with Gasteiger partial charge in [-0.2, -0.15) is 5.11 Å². The van der Waals surface area contributed by atoms with Crippen molar-refractivity contribution in [3.05, 3.63) is 84.2 Å². The lowest BCUT2D eigenvalue weighted by atomic mass is 10.0. The summed E-state index contributed by atoms with van der Waals surface area (Å²) in [5.41, 5.74) is 1.32. The van der Waals surface area contributed by atoms with Crippen LogP contribution in [-0.2, 0) is 21.0 Å². The van der Waals surface area contributed by atoms with E-state index in [1.165, 1.54) is 6.20 Å². The fourth-order valence-electron chi connectivity index (χ4n) is 4.67. The lowest BCUT2D eigenvalue weighted by Crippen LogP contribution is -2.47. The maximum atomic E-state index is 13.0. The molecule has 1 unspecified atom stereocenters. The second kappa shape index (κ2) is 18.9. The van der Waals surface area contributed by atoms with Crippen molar-refractivity contribution in [1.29, 1.82) is 0 Å². The van der Waals surface area contributed by atoms with Gasteiger partial charge in [0.15, 0.2) is 5.75 Å². The molecule has 46 heavy (non-hydrogen) atoms. The number of aromatic nitrogens is 1. The highest BCUT2D eigenvalue weighted by Crippen LogP contribution is 2.22. The number of amides is 2. The molecule has 1 aromatic heterocycles. The van der Waals surface area contributed by atoms with Gasteiger partial charge in [0.25, 0.3) is 5.91 Å². The number of benzene rings is 2. The van der Waals surface area contributed by atoms with E-state index in [1.807, 2.05) is 52.0 Å². The predicted molar refractivity (Wildman–Crippen MR) is 172 cm³/mol. The van der Waals surface area contributed by atoms with Crippen LogP contribution in [0.15, 0.2) is 83.3 Å². The SMILES string of the molecule is CCC(C(=O)OOc1cccc(OCCCCCOc2ccc(CN=NC(=O)c3cccnc3)cc2)c1)C(=O)N(C(C)C)C(C)C. The molecule has 0 fully saturated rings. The van der Waals surface area contributed by atoms with E-state index in [0.717, 1.165) is 30.6 Å². The second-order valence-electron chi connectivity index (χ2n) is 11.2. The van der Waals surface area contributed by atoms with Crippen molar-refractivity contribution in [2.24, 2.45) is 16.1 Å². The molecule has 0 saturated heterocycles. The first-order valence-corrected chi connectivity index (χ1v) is 15.7. The topological polar surface area (TPSA) is 129 Å². The Morgan fingerprint density at radius 2 is 1.50 bits per heavy atom. The molecule has 0 bridgehead atoms. The Morgan fingerprint density at radius 1 is 0.826 bits per heavy atom. The number of nitrogens with zero attached hydrogens (tertiary/aromatic N) is 4. The summed E-state index contributed by atoms with van der Waals surface area (Å²) in [4.78, 5) is 53.5. The third-order valence-corrected chi connectivity index (χ3v) is 6.96. The molecule has 2 amide bonds. The second-order valence-corrected chi connectivity index (χ2v) is 11.2. The lowest BCUT2D eigenvalue weighted by molar-refractivity contribution is -0.219. The minimum absolute atomic E-state index is 0.0387. The molecule has 246 valence electrons. The van der Waals surface area contributed by atoms with Crippen molar-refractivity contribution in [2.75, 3.05) is 13.2 Å². The van der Waals surface area contributed by atoms with E-state index in [1.54, 1.807) is 54.4 Å². The average Bonchev–Trinajstić information content (AvgIpc) is 3.04. The fraction of sp³-hybridized carbons (Fsp3) is 0.429. The summed E-state index contributed by atoms with van der Waals surface area (Å²) in [6.07, 6.45) is 5.96. The summed E-state index contributed by atoms with van der Waals surface area (Å²) in [6.45, 7) is 10.8. The first-order chi connectivity index (χ1) is 22.2. The van der Waals surface area contributed by atoms with Gasteiger partial charge in [-0.05, 0) is 95.3 Å². The van der Waals surface area contributed by atoms with Gasteiger partial charge in [-0.15, -0.1) is 5.11 Å². The number of unbranched alkanes of at least 4 members (excludes halogenated alkanes) is 2. The minimum atomic E-state index is -0.938. The molecule has 1 heterocycles. The van der Waals surface area contributed by atoms with Crippen LogP contribution in [0.5, 0.6) is 17.2 Å². The van der Waals surface area contributed by atoms with Crippen LogP contribution in [-0.4, -0.2) is 53.0 Å². The van der Waals surface area contributed by atoms with E-state index in [0.29, 0.717) is 43.2 Å². The number of hydrogen-bond donors (Lipinski definition) is 0. The van der Waals surface area contributed by atoms with Crippen LogP contribution in [0.1, 0.15) is 76.2 Å². The molecule has 0 radical (unpaired) electrons. The summed E-state index contributed by atoms with van der Waals surface area (Å²) < 4.78 is 11.7. The van der Waals surface area contributed by atoms with Crippen LogP contribution < -0.4 is 14.4 Å². The minimum Gasteiger partial charge on any atom is -0.494 e. The first-order valence-electron chi connectivity index (χ1n) is 15.7. The Bertz CT molecular complexity index is 1400. The zero-order valence-corrected chi connectivity index (χ0v) is 27.3. The number of pyridine rings is 1. The Kier molecular flexibility index (Phi) is 14.6.